The minimum atomic E-state index is -0.235. The van der Waals surface area contributed by atoms with Gasteiger partial charge in [-0.15, -0.1) is 11.3 Å². The van der Waals surface area contributed by atoms with Crippen LogP contribution in [0.3, 0.4) is 0 Å². The summed E-state index contributed by atoms with van der Waals surface area (Å²) >= 11 is 1.11. The molecule has 2 aromatic carbocycles. The highest BCUT2D eigenvalue weighted by Crippen LogP contribution is 2.38. The molecule has 3 rings (SSSR count). The molecular weight excluding hydrogens is 332 g/mol. The number of rotatable bonds is 4. The predicted octanol–water partition coefficient (Wildman–Crippen LogP) is 4.05. The van der Waals surface area contributed by atoms with Gasteiger partial charge in [-0.3, -0.25) is 4.79 Å². The number of carbonyl (C=O) groups is 1. The molecule has 0 aliphatic rings. The Bertz CT molecular complexity index is 1030. The molecule has 0 saturated carbocycles. The second-order valence-electron chi connectivity index (χ2n) is 5.14. The fourth-order valence-corrected chi connectivity index (χ4v) is 3.39. The van der Waals surface area contributed by atoms with Crippen LogP contribution in [0.2, 0.25) is 0 Å². The zero-order valence-electron chi connectivity index (χ0n) is 13.0. The molecule has 3 aromatic rings. The Balaban J connectivity index is 2.04. The molecule has 1 heterocycles. The highest BCUT2D eigenvalue weighted by atomic mass is 32.1. The van der Waals surface area contributed by atoms with Crippen molar-refractivity contribution in [3.05, 3.63) is 76.2 Å². The van der Waals surface area contributed by atoms with Crippen molar-refractivity contribution in [2.75, 3.05) is 11.1 Å². The molecule has 0 radical (unpaired) electrons. The van der Waals surface area contributed by atoms with Gasteiger partial charge in [0.25, 0.3) is 0 Å². The Morgan fingerprint density at radius 3 is 2.36 bits per heavy atom. The van der Waals surface area contributed by atoms with E-state index in [1.807, 2.05) is 12.1 Å². The van der Waals surface area contributed by atoms with Crippen molar-refractivity contribution in [3.63, 3.8) is 0 Å². The third-order valence-electron chi connectivity index (χ3n) is 3.59. The number of ketones is 1. The number of carbonyl (C=O) groups excluding carboxylic acids is 1. The maximum absolute atomic E-state index is 12.7. The van der Waals surface area contributed by atoms with E-state index in [1.165, 1.54) is 0 Å². The lowest BCUT2D eigenvalue weighted by Crippen LogP contribution is -2.02. The predicted molar refractivity (Wildman–Crippen MR) is 97.8 cm³/mol. The number of nitrogen functional groups attached to an aromatic ring is 1. The first kappa shape index (κ1) is 16.3. The number of benzene rings is 2. The van der Waals surface area contributed by atoms with E-state index < -0.39 is 0 Å². The fraction of sp³-hybridized carbons (Fsp3) is 0. The molecule has 0 atom stereocenters. The third kappa shape index (κ3) is 3.07. The van der Waals surface area contributed by atoms with Gasteiger partial charge in [0.15, 0.2) is 0 Å². The van der Waals surface area contributed by atoms with Gasteiger partial charge in [-0.2, -0.15) is 10.5 Å². The largest absolute Gasteiger partial charge is 0.396 e. The number of thiophene rings is 1. The van der Waals surface area contributed by atoms with Crippen LogP contribution in [0.5, 0.6) is 0 Å². The summed E-state index contributed by atoms with van der Waals surface area (Å²) < 4.78 is 0. The fourth-order valence-electron chi connectivity index (χ4n) is 2.34. The van der Waals surface area contributed by atoms with Crippen LogP contribution >= 0.6 is 11.3 Å². The Labute approximate surface area is 148 Å². The number of anilines is 3. The molecule has 0 unspecified atom stereocenters. The minimum Gasteiger partial charge on any atom is -0.396 e. The number of nitrogens with two attached hydrogens (primary N) is 1. The number of nitriles is 2. The zero-order valence-corrected chi connectivity index (χ0v) is 13.8. The van der Waals surface area contributed by atoms with Gasteiger partial charge in [0.1, 0.15) is 27.6 Å². The average molecular weight is 344 g/mol. The molecule has 120 valence electrons. The van der Waals surface area contributed by atoms with Gasteiger partial charge in [0.2, 0.25) is 5.78 Å². The van der Waals surface area contributed by atoms with E-state index >= 15 is 0 Å². The van der Waals surface area contributed by atoms with Crippen LogP contribution in [0, 0.1) is 22.7 Å². The van der Waals surface area contributed by atoms with Crippen molar-refractivity contribution in [3.8, 4) is 12.1 Å². The molecule has 5 nitrogen and oxygen atoms in total. The summed E-state index contributed by atoms with van der Waals surface area (Å²) in [6.07, 6.45) is 0. The lowest BCUT2D eigenvalue weighted by Gasteiger charge is -2.05. The van der Waals surface area contributed by atoms with Crippen LogP contribution in [0.4, 0.5) is 16.4 Å². The van der Waals surface area contributed by atoms with Gasteiger partial charge < -0.3 is 11.1 Å². The van der Waals surface area contributed by atoms with Crippen molar-refractivity contribution in [2.45, 2.75) is 0 Å². The SMILES string of the molecule is N#Cc1ccccc1Nc1sc(C(=O)c2ccccc2)c(N)c1C#N. The summed E-state index contributed by atoms with van der Waals surface area (Å²) in [5.74, 6) is -0.235. The van der Waals surface area contributed by atoms with Gasteiger partial charge in [0, 0.05) is 5.56 Å². The second-order valence-corrected chi connectivity index (χ2v) is 6.16. The first-order valence-corrected chi connectivity index (χ1v) is 8.15. The monoisotopic (exact) mass is 344 g/mol. The summed E-state index contributed by atoms with van der Waals surface area (Å²) in [4.78, 5) is 13.0. The Morgan fingerprint density at radius 1 is 1.00 bits per heavy atom. The van der Waals surface area contributed by atoms with E-state index in [9.17, 15) is 15.3 Å². The maximum Gasteiger partial charge on any atom is 0.205 e. The topological polar surface area (TPSA) is 103 Å². The number of nitrogens with one attached hydrogen (secondary N) is 1. The Hall–Kier alpha value is -3.61. The lowest BCUT2D eigenvalue weighted by molar-refractivity contribution is 0.104. The van der Waals surface area contributed by atoms with E-state index in [0.717, 1.165) is 11.3 Å². The molecule has 3 N–H and O–H groups in total. The van der Waals surface area contributed by atoms with Crippen molar-refractivity contribution in [1.82, 2.24) is 0 Å². The highest BCUT2D eigenvalue weighted by Gasteiger charge is 2.22. The first-order valence-electron chi connectivity index (χ1n) is 7.34. The summed E-state index contributed by atoms with van der Waals surface area (Å²) in [7, 11) is 0. The minimum absolute atomic E-state index is 0.151. The van der Waals surface area contributed by atoms with Gasteiger partial charge in [-0.05, 0) is 12.1 Å². The molecule has 0 aliphatic heterocycles. The van der Waals surface area contributed by atoms with E-state index in [0.29, 0.717) is 26.7 Å². The molecule has 0 spiro atoms. The quantitative estimate of drug-likeness (QED) is 0.695. The van der Waals surface area contributed by atoms with E-state index in [4.69, 9.17) is 5.73 Å². The summed E-state index contributed by atoms with van der Waals surface area (Å²) in [6.45, 7) is 0. The molecule has 6 heteroatoms. The molecule has 0 saturated heterocycles. The normalized spacial score (nSPS) is 9.84. The highest BCUT2D eigenvalue weighted by molar-refractivity contribution is 7.19. The Kier molecular flexibility index (Phi) is 4.47. The van der Waals surface area contributed by atoms with Crippen molar-refractivity contribution >= 4 is 33.5 Å². The van der Waals surface area contributed by atoms with E-state index in [2.05, 4.69) is 11.4 Å². The van der Waals surface area contributed by atoms with Crippen LogP contribution in [-0.2, 0) is 0 Å². The standard InChI is InChI=1S/C19H12N4OS/c20-10-13-8-4-5-9-15(13)23-19-14(11-21)16(22)18(25-19)17(24)12-6-2-1-3-7-12/h1-9,23H,22H2. The van der Waals surface area contributed by atoms with Crippen LogP contribution < -0.4 is 11.1 Å². The van der Waals surface area contributed by atoms with Crippen molar-refractivity contribution < 1.29 is 4.79 Å². The molecule has 0 bridgehead atoms. The molecule has 0 amide bonds. The molecular formula is C19H12N4OS. The smallest absolute Gasteiger partial charge is 0.205 e. The molecule has 1 aromatic heterocycles. The molecule has 0 fully saturated rings. The van der Waals surface area contributed by atoms with Gasteiger partial charge in [0.05, 0.1) is 16.9 Å². The van der Waals surface area contributed by atoms with Crippen LogP contribution in [-0.4, -0.2) is 5.78 Å². The summed E-state index contributed by atoms with van der Waals surface area (Å²) in [5, 5.41) is 22.1. The van der Waals surface area contributed by atoms with E-state index in [1.54, 1.807) is 48.5 Å². The van der Waals surface area contributed by atoms with Gasteiger partial charge >= 0.3 is 0 Å². The number of para-hydroxylation sites is 1. The van der Waals surface area contributed by atoms with Crippen LogP contribution in [0.15, 0.2) is 54.6 Å². The molecule has 0 aliphatic carbocycles. The van der Waals surface area contributed by atoms with Crippen molar-refractivity contribution in [2.24, 2.45) is 0 Å². The van der Waals surface area contributed by atoms with Gasteiger partial charge in [-0.25, -0.2) is 0 Å². The number of hydrogen-bond acceptors (Lipinski definition) is 6. The first-order chi connectivity index (χ1) is 12.2. The van der Waals surface area contributed by atoms with E-state index in [-0.39, 0.29) is 17.0 Å². The van der Waals surface area contributed by atoms with Crippen LogP contribution in [0.1, 0.15) is 26.4 Å². The zero-order chi connectivity index (χ0) is 17.8. The maximum atomic E-state index is 12.7. The average Bonchev–Trinajstić information content (AvgIpc) is 2.97. The summed E-state index contributed by atoms with van der Waals surface area (Å²) in [5.41, 5.74) is 7.90. The van der Waals surface area contributed by atoms with Crippen LogP contribution in [0.25, 0.3) is 0 Å². The Morgan fingerprint density at radius 2 is 1.68 bits per heavy atom. The summed E-state index contributed by atoms with van der Waals surface area (Å²) in [6, 6.07) is 19.8. The van der Waals surface area contributed by atoms with Crippen molar-refractivity contribution in [1.29, 1.82) is 10.5 Å². The third-order valence-corrected chi connectivity index (χ3v) is 4.71. The van der Waals surface area contributed by atoms with Gasteiger partial charge in [-0.1, -0.05) is 42.5 Å². The second kappa shape index (κ2) is 6.88. The molecule has 25 heavy (non-hydrogen) atoms. The number of nitrogens with zero attached hydrogens (tertiary/aromatic N) is 2. The lowest BCUT2D eigenvalue weighted by atomic mass is 10.1. The number of hydrogen-bond donors (Lipinski definition) is 2.